The number of rotatable bonds is 9. The molecule has 0 aromatic carbocycles. The minimum absolute atomic E-state index is 0.0714. The maximum atomic E-state index is 13.1. The molecule has 206 valence electrons. The third kappa shape index (κ3) is 5.66. The van der Waals surface area contributed by atoms with Crippen molar-refractivity contribution in [1.29, 1.82) is 5.26 Å². The Bertz CT molecular complexity index is 1320. The number of ether oxygens (including phenoxy) is 2. The highest BCUT2D eigenvalue weighted by atomic mass is 16.5. The highest BCUT2D eigenvalue weighted by Gasteiger charge is 2.44. The predicted molar refractivity (Wildman–Crippen MR) is 144 cm³/mol. The van der Waals surface area contributed by atoms with Crippen molar-refractivity contribution in [3.63, 3.8) is 0 Å². The molecule has 2 aromatic heterocycles. The van der Waals surface area contributed by atoms with Crippen LogP contribution in [0.4, 0.5) is 5.82 Å². The quantitative estimate of drug-likeness (QED) is 0.497. The number of carbonyl (C=O) groups is 1. The SMILES string of the molecule is COc1ccnc2c1C(C1CCN(c3cc(C(=O)N[C@H](C)C(C)(C)O)nc(OCC4(C#N)CC4)n3)CC1)=NC2. The second-order valence-electron chi connectivity index (χ2n) is 11.2. The van der Waals surface area contributed by atoms with Gasteiger partial charge >= 0.3 is 6.01 Å². The van der Waals surface area contributed by atoms with Crippen LogP contribution in [-0.4, -0.2) is 70.1 Å². The van der Waals surface area contributed by atoms with Gasteiger partial charge in [0.2, 0.25) is 0 Å². The third-order valence-electron chi connectivity index (χ3n) is 7.97. The molecule has 0 bridgehead atoms. The number of aliphatic hydroxyl groups is 1. The number of fused-ring (bicyclic) bond motifs is 1. The van der Waals surface area contributed by atoms with E-state index in [4.69, 9.17) is 14.5 Å². The van der Waals surface area contributed by atoms with Gasteiger partial charge in [-0.2, -0.15) is 15.2 Å². The number of aliphatic imine (C=N–C) groups is 1. The highest BCUT2D eigenvalue weighted by Crippen LogP contribution is 2.45. The van der Waals surface area contributed by atoms with Gasteiger partial charge in [0.05, 0.1) is 53.8 Å². The Hall–Kier alpha value is -3.78. The van der Waals surface area contributed by atoms with Gasteiger partial charge in [0.1, 0.15) is 23.9 Å². The van der Waals surface area contributed by atoms with Crippen molar-refractivity contribution < 1.29 is 19.4 Å². The van der Waals surface area contributed by atoms with Crippen LogP contribution in [0, 0.1) is 22.7 Å². The van der Waals surface area contributed by atoms with Gasteiger partial charge in [0, 0.05) is 31.3 Å². The molecule has 11 heteroatoms. The van der Waals surface area contributed by atoms with Crippen LogP contribution in [0.3, 0.4) is 0 Å². The summed E-state index contributed by atoms with van der Waals surface area (Å²) in [4.78, 5) is 33.5. The van der Waals surface area contributed by atoms with Crippen LogP contribution in [0.15, 0.2) is 23.3 Å². The fourth-order valence-corrected chi connectivity index (χ4v) is 4.85. The van der Waals surface area contributed by atoms with Crippen LogP contribution in [0.1, 0.15) is 68.2 Å². The summed E-state index contributed by atoms with van der Waals surface area (Å²) in [5.74, 6) is 1.23. The normalized spacial score (nSPS) is 19.0. The van der Waals surface area contributed by atoms with E-state index in [1.807, 2.05) is 6.07 Å². The number of anilines is 1. The molecule has 1 atom stereocenters. The molecule has 0 unspecified atom stereocenters. The summed E-state index contributed by atoms with van der Waals surface area (Å²) >= 11 is 0. The first-order valence-corrected chi connectivity index (χ1v) is 13.4. The number of aromatic nitrogens is 3. The molecule has 1 aliphatic carbocycles. The number of amides is 1. The van der Waals surface area contributed by atoms with E-state index in [1.54, 1.807) is 40.1 Å². The lowest BCUT2D eigenvalue weighted by atomic mass is 9.88. The monoisotopic (exact) mass is 533 g/mol. The molecule has 1 saturated heterocycles. The van der Waals surface area contributed by atoms with Crippen LogP contribution in [-0.2, 0) is 6.54 Å². The van der Waals surface area contributed by atoms with Gasteiger partial charge in [0.15, 0.2) is 0 Å². The lowest BCUT2D eigenvalue weighted by molar-refractivity contribution is 0.0407. The molecule has 11 nitrogen and oxygen atoms in total. The largest absolute Gasteiger partial charge is 0.496 e. The van der Waals surface area contributed by atoms with E-state index in [0.717, 1.165) is 48.4 Å². The zero-order valence-corrected chi connectivity index (χ0v) is 22.9. The van der Waals surface area contributed by atoms with Crippen molar-refractivity contribution in [3.8, 4) is 17.8 Å². The second kappa shape index (κ2) is 10.4. The smallest absolute Gasteiger partial charge is 0.319 e. The molecule has 2 aliphatic heterocycles. The topological polar surface area (TPSA) is 146 Å². The van der Waals surface area contributed by atoms with Gasteiger partial charge in [0.25, 0.3) is 5.91 Å². The van der Waals surface area contributed by atoms with E-state index in [2.05, 4.69) is 31.2 Å². The highest BCUT2D eigenvalue weighted by molar-refractivity contribution is 6.07. The van der Waals surface area contributed by atoms with Crippen molar-refractivity contribution in [1.82, 2.24) is 20.3 Å². The molecular weight excluding hydrogens is 498 g/mol. The molecule has 2 fully saturated rings. The summed E-state index contributed by atoms with van der Waals surface area (Å²) in [6.07, 6.45) is 5.02. The fraction of sp³-hybridized carbons (Fsp3) is 0.571. The Kier molecular flexibility index (Phi) is 7.16. The van der Waals surface area contributed by atoms with Crippen molar-refractivity contribution in [3.05, 3.63) is 35.3 Å². The fourth-order valence-electron chi connectivity index (χ4n) is 4.85. The number of hydrogen-bond acceptors (Lipinski definition) is 10. The third-order valence-corrected chi connectivity index (χ3v) is 7.97. The number of methoxy groups -OCH3 is 1. The maximum absolute atomic E-state index is 13.1. The van der Waals surface area contributed by atoms with E-state index in [1.165, 1.54) is 0 Å². The summed E-state index contributed by atoms with van der Waals surface area (Å²) in [6, 6.07) is 5.41. The Morgan fingerprint density at radius 1 is 1.33 bits per heavy atom. The van der Waals surface area contributed by atoms with Crippen LogP contribution < -0.4 is 19.7 Å². The average Bonchev–Trinajstić information content (AvgIpc) is 3.60. The molecule has 3 aliphatic rings. The summed E-state index contributed by atoms with van der Waals surface area (Å²) in [7, 11) is 1.67. The van der Waals surface area contributed by atoms with Gasteiger partial charge in [-0.05, 0) is 52.5 Å². The number of nitrogens with one attached hydrogen (secondary N) is 1. The van der Waals surface area contributed by atoms with E-state index >= 15 is 0 Å². The first kappa shape index (κ1) is 26.8. The van der Waals surface area contributed by atoms with Crippen molar-refractivity contribution in [2.75, 3.05) is 31.7 Å². The number of hydrogen-bond donors (Lipinski definition) is 2. The number of piperidine rings is 1. The standard InChI is InChI=1S/C28H35N7O4/c1-17(27(2,3)37)32-25(36)19-13-22(34-26(33-19)39-16-28(15-29)8-9-28)35-11-6-18(7-12-35)24-23-20(14-31-24)30-10-5-21(23)38-4/h5,10,13,17-18,37H,6-9,11-12,14,16H2,1-4H3,(H,32,36)/t17-/m1/s1. The van der Waals surface area contributed by atoms with E-state index < -0.39 is 23.0 Å². The first-order valence-electron chi connectivity index (χ1n) is 13.4. The summed E-state index contributed by atoms with van der Waals surface area (Å²) in [6.45, 7) is 7.18. The number of carbonyl (C=O) groups excluding carboxylic acids is 1. The lowest BCUT2D eigenvalue weighted by Gasteiger charge is -2.33. The molecular formula is C28H35N7O4. The van der Waals surface area contributed by atoms with E-state index in [0.29, 0.717) is 25.5 Å². The van der Waals surface area contributed by atoms with E-state index in [-0.39, 0.29) is 24.2 Å². The molecule has 2 N–H and O–H groups in total. The molecule has 2 aromatic rings. The van der Waals surface area contributed by atoms with Gasteiger partial charge in [-0.3, -0.25) is 14.8 Å². The molecule has 1 amide bonds. The zero-order chi connectivity index (χ0) is 27.8. The second-order valence-corrected chi connectivity index (χ2v) is 11.2. The molecule has 4 heterocycles. The minimum atomic E-state index is -1.10. The Balaban J connectivity index is 1.33. The van der Waals surface area contributed by atoms with Crippen molar-refractivity contribution in [2.24, 2.45) is 16.3 Å². The number of nitriles is 1. The zero-order valence-electron chi connectivity index (χ0n) is 22.9. The number of nitrogens with zero attached hydrogens (tertiary/aromatic N) is 6. The van der Waals surface area contributed by atoms with E-state index in [9.17, 15) is 15.2 Å². The summed E-state index contributed by atoms with van der Waals surface area (Å²) in [5.41, 5.74) is 1.57. The van der Waals surface area contributed by atoms with Crippen LogP contribution in [0.5, 0.6) is 11.8 Å². The lowest BCUT2D eigenvalue weighted by Crippen LogP contribution is -2.47. The van der Waals surface area contributed by atoms with Gasteiger partial charge in [-0.1, -0.05) is 0 Å². The van der Waals surface area contributed by atoms with Crippen molar-refractivity contribution in [2.45, 2.75) is 64.6 Å². The Labute approximate surface area is 228 Å². The predicted octanol–water partition coefficient (Wildman–Crippen LogP) is 2.67. The van der Waals surface area contributed by atoms with Gasteiger partial charge in [-0.15, -0.1) is 0 Å². The van der Waals surface area contributed by atoms with Gasteiger partial charge in [-0.25, -0.2) is 0 Å². The van der Waals surface area contributed by atoms with Crippen LogP contribution in [0.25, 0.3) is 0 Å². The Morgan fingerprint density at radius 3 is 2.72 bits per heavy atom. The molecule has 39 heavy (non-hydrogen) atoms. The van der Waals surface area contributed by atoms with Gasteiger partial charge < -0.3 is 24.8 Å². The minimum Gasteiger partial charge on any atom is -0.496 e. The van der Waals surface area contributed by atoms with Crippen LogP contribution in [0.2, 0.25) is 0 Å². The number of pyridine rings is 1. The summed E-state index contributed by atoms with van der Waals surface area (Å²) < 4.78 is 11.4. The summed E-state index contributed by atoms with van der Waals surface area (Å²) in [5, 5.41) is 22.5. The van der Waals surface area contributed by atoms with Crippen molar-refractivity contribution >= 4 is 17.4 Å². The molecule has 0 spiro atoms. The first-order chi connectivity index (χ1) is 18.6. The van der Waals surface area contributed by atoms with Crippen LogP contribution >= 0.6 is 0 Å². The maximum Gasteiger partial charge on any atom is 0.319 e. The average molecular weight is 534 g/mol. The molecule has 5 rings (SSSR count). The Morgan fingerprint density at radius 2 is 2.08 bits per heavy atom. The molecule has 0 radical (unpaired) electrons. The molecule has 1 saturated carbocycles.